The molecule has 0 bridgehead atoms. The van der Waals surface area contributed by atoms with Crippen LogP contribution in [0.3, 0.4) is 0 Å². The summed E-state index contributed by atoms with van der Waals surface area (Å²) in [7, 11) is 1.93. The molecule has 0 atom stereocenters. The minimum absolute atomic E-state index is 0.0393. The number of rotatable bonds is 7. The number of carbonyl (C=O) groups excluding carboxylic acids is 1. The summed E-state index contributed by atoms with van der Waals surface area (Å²) in [4.78, 5) is 25.6. The number of carbonyl (C=O) groups is 1. The van der Waals surface area contributed by atoms with Gasteiger partial charge in [-0.25, -0.2) is 0 Å². The SMILES string of the molecule is Cc1ccc([N+](=O)[O-])cc1NC(=O)CCN(C)Cc1ccc(Cl)s1. The quantitative estimate of drug-likeness (QED) is 0.591. The van der Waals surface area contributed by atoms with Gasteiger partial charge in [0.25, 0.3) is 5.69 Å². The van der Waals surface area contributed by atoms with E-state index < -0.39 is 4.92 Å². The zero-order valence-electron chi connectivity index (χ0n) is 13.4. The molecule has 8 heteroatoms. The molecule has 0 saturated heterocycles. The van der Waals surface area contributed by atoms with E-state index in [0.29, 0.717) is 18.7 Å². The fraction of sp³-hybridized carbons (Fsp3) is 0.312. The number of aryl methyl sites for hydroxylation is 1. The average Bonchev–Trinajstić information content (AvgIpc) is 2.92. The van der Waals surface area contributed by atoms with Gasteiger partial charge in [0, 0.05) is 36.5 Å². The van der Waals surface area contributed by atoms with Gasteiger partial charge in [0.15, 0.2) is 0 Å². The van der Waals surface area contributed by atoms with Gasteiger partial charge in [0.2, 0.25) is 5.91 Å². The first-order chi connectivity index (χ1) is 11.3. The van der Waals surface area contributed by atoms with Gasteiger partial charge >= 0.3 is 0 Å². The van der Waals surface area contributed by atoms with Gasteiger partial charge in [-0.15, -0.1) is 11.3 Å². The fourth-order valence-corrected chi connectivity index (χ4v) is 3.31. The van der Waals surface area contributed by atoms with E-state index in [1.807, 2.05) is 24.1 Å². The van der Waals surface area contributed by atoms with E-state index in [2.05, 4.69) is 5.32 Å². The molecule has 1 aromatic heterocycles. The summed E-state index contributed by atoms with van der Waals surface area (Å²) < 4.78 is 0.747. The number of benzene rings is 1. The molecule has 24 heavy (non-hydrogen) atoms. The van der Waals surface area contributed by atoms with E-state index in [4.69, 9.17) is 11.6 Å². The van der Waals surface area contributed by atoms with Crippen molar-refractivity contribution in [1.82, 2.24) is 4.90 Å². The van der Waals surface area contributed by atoms with Crippen molar-refractivity contribution in [3.63, 3.8) is 0 Å². The van der Waals surface area contributed by atoms with E-state index in [1.165, 1.54) is 23.5 Å². The van der Waals surface area contributed by atoms with Crippen molar-refractivity contribution in [3.8, 4) is 0 Å². The number of nitrogens with one attached hydrogen (secondary N) is 1. The predicted octanol–water partition coefficient (Wildman–Crippen LogP) is 4.08. The average molecular weight is 368 g/mol. The second-order valence-corrected chi connectivity index (χ2v) is 7.30. The lowest BCUT2D eigenvalue weighted by atomic mass is 10.1. The van der Waals surface area contributed by atoms with Gasteiger partial charge in [-0.05, 0) is 31.7 Å². The Bertz CT molecular complexity index is 748. The second kappa shape index (κ2) is 8.23. The summed E-state index contributed by atoms with van der Waals surface area (Å²) >= 11 is 7.42. The van der Waals surface area contributed by atoms with Gasteiger partial charge in [-0.1, -0.05) is 17.7 Å². The van der Waals surface area contributed by atoms with Gasteiger partial charge < -0.3 is 10.2 Å². The Kier molecular flexibility index (Phi) is 6.30. The number of hydrogen-bond donors (Lipinski definition) is 1. The molecule has 0 aliphatic carbocycles. The number of anilines is 1. The van der Waals surface area contributed by atoms with Crippen LogP contribution in [0.5, 0.6) is 0 Å². The number of thiophene rings is 1. The summed E-state index contributed by atoms with van der Waals surface area (Å²) in [5.41, 5.74) is 1.22. The molecule has 1 heterocycles. The summed E-state index contributed by atoms with van der Waals surface area (Å²) in [6.07, 6.45) is 0.303. The summed E-state index contributed by atoms with van der Waals surface area (Å²) in [5.74, 6) is -0.172. The maximum absolute atomic E-state index is 12.1. The molecule has 0 radical (unpaired) electrons. The molecule has 0 saturated carbocycles. The highest BCUT2D eigenvalue weighted by Gasteiger charge is 2.12. The third-order valence-corrected chi connectivity index (χ3v) is 4.70. The first-order valence-electron chi connectivity index (χ1n) is 7.33. The minimum atomic E-state index is -0.477. The number of nitro groups is 1. The molecule has 1 N–H and O–H groups in total. The fourth-order valence-electron chi connectivity index (χ4n) is 2.15. The van der Waals surface area contributed by atoms with E-state index in [1.54, 1.807) is 13.0 Å². The number of non-ortho nitro benzene ring substituents is 1. The first-order valence-corrected chi connectivity index (χ1v) is 8.52. The van der Waals surface area contributed by atoms with Crippen LogP contribution >= 0.6 is 22.9 Å². The lowest BCUT2D eigenvalue weighted by Crippen LogP contribution is -2.23. The van der Waals surface area contributed by atoms with Crippen LogP contribution in [0, 0.1) is 17.0 Å². The topological polar surface area (TPSA) is 75.5 Å². The maximum atomic E-state index is 12.1. The Morgan fingerprint density at radius 1 is 1.38 bits per heavy atom. The lowest BCUT2D eigenvalue weighted by Gasteiger charge is -2.15. The number of halogens is 1. The number of nitro benzene ring substituents is 1. The van der Waals surface area contributed by atoms with E-state index >= 15 is 0 Å². The number of hydrogen-bond acceptors (Lipinski definition) is 5. The molecule has 0 aliphatic rings. The van der Waals surface area contributed by atoms with Crippen molar-refractivity contribution in [3.05, 3.63) is 55.2 Å². The highest BCUT2D eigenvalue weighted by molar-refractivity contribution is 7.16. The van der Waals surface area contributed by atoms with Crippen molar-refractivity contribution in [2.24, 2.45) is 0 Å². The highest BCUT2D eigenvalue weighted by Crippen LogP contribution is 2.23. The lowest BCUT2D eigenvalue weighted by molar-refractivity contribution is -0.384. The Morgan fingerprint density at radius 2 is 2.12 bits per heavy atom. The van der Waals surface area contributed by atoms with Gasteiger partial charge in [0.05, 0.1) is 14.9 Å². The normalized spacial score (nSPS) is 10.8. The van der Waals surface area contributed by atoms with Crippen LogP contribution in [0.4, 0.5) is 11.4 Å². The Labute approximate surface area is 149 Å². The van der Waals surface area contributed by atoms with Crippen molar-refractivity contribution in [2.75, 3.05) is 18.9 Å². The van der Waals surface area contributed by atoms with Crippen molar-refractivity contribution < 1.29 is 9.72 Å². The summed E-state index contributed by atoms with van der Waals surface area (Å²) in [6.45, 7) is 3.10. The van der Waals surface area contributed by atoms with Crippen LogP contribution in [0.2, 0.25) is 4.34 Å². The third kappa shape index (κ3) is 5.30. The van der Waals surface area contributed by atoms with E-state index in [9.17, 15) is 14.9 Å². The molecular formula is C16H18ClN3O3S. The van der Waals surface area contributed by atoms with Crippen LogP contribution in [-0.2, 0) is 11.3 Å². The smallest absolute Gasteiger partial charge is 0.271 e. The van der Waals surface area contributed by atoms with Crippen LogP contribution < -0.4 is 5.32 Å². The molecule has 0 unspecified atom stereocenters. The molecular weight excluding hydrogens is 350 g/mol. The number of amides is 1. The van der Waals surface area contributed by atoms with Crippen molar-refractivity contribution in [2.45, 2.75) is 19.9 Å². The third-order valence-electron chi connectivity index (χ3n) is 3.48. The first kappa shape index (κ1) is 18.4. The summed E-state index contributed by atoms with van der Waals surface area (Å²) in [5, 5.41) is 13.6. The Hall–Kier alpha value is -1.96. The second-order valence-electron chi connectivity index (χ2n) is 5.50. The van der Waals surface area contributed by atoms with Crippen LogP contribution in [0.15, 0.2) is 30.3 Å². The standard InChI is InChI=1S/C16H18ClN3O3S/c1-11-3-4-12(20(22)23)9-14(11)18-16(21)7-8-19(2)10-13-5-6-15(17)24-13/h3-6,9H,7-8,10H2,1-2H3,(H,18,21). The van der Waals surface area contributed by atoms with Crippen molar-refractivity contribution in [1.29, 1.82) is 0 Å². The molecule has 2 aromatic rings. The molecule has 0 fully saturated rings. The summed E-state index contributed by atoms with van der Waals surface area (Å²) in [6, 6.07) is 8.25. The maximum Gasteiger partial charge on any atom is 0.271 e. The molecule has 0 aliphatic heterocycles. The minimum Gasteiger partial charge on any atom is -0.326 e. The molecule has 128 valence electrons. The Balaban J connectivity index is 1.87. The van der Waals surface area contributed by atoms with Crippen LogP contribution in [0.25, 0.3) is 0 Å². The van der Waals surface area contributed by atoms with Crippen molar-refractivity contribution >= 4 is 40.2 Å². The Morgan fingerprint density at radius 3 is 2.75 bits per heavy atom. The van der Waals surface area contributed by atoms with Gasteiger partial charge in [-0.2, -0.15) is 0 Å². The monoisotopic (exact) mass is 367 g/mol. The predicted molar refractivity (Wildman–Crippen MR) is 96.7 cm³/mol. The van der Waals surface area contributed by atoms with Gasteiger partial charge in [0.1, 0.15) is 0 Å². The molecule has 0 spiro atoms. The molecule has 6 nitrogen and oxygen atoms in total. The highest BCUT2D eigenvalue weighted by atomic mass is 35.5. The largest absolute Gasteiger partial charge is 0.326 e. The number of nitrogens with zero attached hydrogens (tertiary/aromatic N) is 2. The van der Waals surface area contributed by atoms with E-state index in [0.717, 1.165) is 21.3 Å². The zero-order valence-corrected chi connectivity index (χ0v) is 15.0. The van der Waals surface area contributed by atoms with E-state index in [-0.39, 0.29) is 11.6 Å². The van der Waals surface area contributed by atoms with Gasteiger partial charge in [-0.3, -0.25) is 14.9 Å². The molecule has 1 amide bonds. The molecule has 2 rings (SSSR count). The van der Waals surface area contributed by atoms with Crippen LogP contribution in [0.1, 0.15) is 16.9 Å². The molecule has 1 aromatic carbocycles. The van der Waals surface area contributed by atoms with Crippen LogP contribution in [-0.4, -0.2) is 29.3 Å². The zero-order chi connectivity index (χ0) is 17.7.